The number of hydrogen-bond donors (Lipinski definition) is 1. The van der Waals surface area contributed by atoms with Crippen LogP contribution in [0.1, 0.15) is 57.3 Å². The van der Waals surface area contributed by atoms with Gasteiger partial charge in [0.05, 0.1) is 16.4 Å². The zero-order chi connectivity index (χ0) is 13.8. The fraction of sp³-hybridized carbons (Fsp3) is 0.800. The summed E-state index contributed by atoms with van der Waals surface area (Å²) in [6.45, 7) is 8.09. The average Bonchev–Trinajstić information content (AvgIpc) is 2.72. The molecule has 0 amide bonds. The molecule has 1 fully saturated rings. The van der Waals surface area contributed by atoms with Gasteiger partial charge in [0.15, 0.2) is 0 Å². The van der Waals surface area contributed by atoms with E-state index in [1.54, 1.807) is 0 Å². The second kappa shape index (κ2) is 6.76. The molecule has 1 aliphatic rings. The molecule has 4 heteroatoms. The maximum atomic E-state index is 6.34. The predicted molar refractivity (Wildman–Crippen MR) is 80.5 cm³/mol. The highest BCUT2D eigenvalue weighted by Crippen LogP contribution is 2.27. The van der Waals surface area contributed by atoms with Gasteiger partial charge in [-0.15, -0.1) is 0 Å². The molecule has 1 N–H and O–H groups in total. The standard InChI is InChI=1S/C15H26ClN3/c1-4-19-14(15(16)12(3)18-19)10-17-11(2)13-8-6-5-7-9-13/h11,13,17H,4-10H2,1-3H3/t11-/m0/s1. The highest BCUT2D eigenvalue weighted by molar-refractivity contribution is 6.31. The molecule has 1 atom stereocenters. The summed E-state index contributed by atoms with van der Waals surface area (Å²) < 4.78 is 2.01. The molecule has 1 saturated carbocycles. The summed E-state index contributed by atoms with van der Waals surface area (Å²) >= 11 is 6.34. The number of rotatable bonds is 5. The minimum Gasteiger partial charge on any atom is -0.308 e. The number of aryl methyl sites for hydroxylation is 2. The maximum absolute atomic E-state index is 6.34. The first kappa shape index (κ1) is 14.9. The molecule has 0 aliphatic heterocycles. The van der Waals surface area contributed by atoms with Gasteiger partial charge in [0.2, 0.25) is 0 Å². The smallest absolute Gasteiger partial charge is 0.0860 e. The lowest BCUT2D eigenvalue weighted by Gasteiger charge is -2.28. The Morgan fingerprint density at radius 3 is 2.68 bits per heavy atom. The monoisotopic (exact) mass is 283 g/mol. The molecule has 19 heavy (non-hydrogen) atoms. The number of aromatic nitrogens is 2. The first-order chi connectivity index (χ1) is 9.13. The van der Waals surface area contributed by atoms with Crippen LogP contribution in [0.2, 0.25) is 5.02 Å². The topological polar surface area (TPSA) is 29.9 Å². The SMILES string of the molecule is CCn1nc(C)c(Cl)c1CN[C@@H](C)C1CCCCC1. The van der Waals surface area contributed by atoms with E-state index < -0.39 is 0 Å². The van der Waals surface area contributed by atoms with Gasteiger partial charge in [0, 0.05) is 19.1 Å². The van der Waals surface area contributed by atoms with E-state index in [1.165, 1.54) is 32.1 Å². The van der Waals surface area contributed by atoms with Crippen LogP contribution in [-0.4, -0.2) is 15.8 Å². The Kier molecular flexibility index (Phi) is 5.28. The Morgan fingerprint density at radius 2 is 2.05 bits per heavy atom. The molecule has 0 spiro atoms. The van der Waals surface area contributed by atoms with Crippen molar-refractivity contribution in [3.63, 3.8) is 0 Å². The Labute approximate surface area is 121 Å². The summed E-state index contributed by atoms with van der Waals surface area (Å²) in [5.41, 5.74) is 2.06. The van der Waals surface area contributed by atoms with Crippen LogP contribution >= 0.6 is 11.6 Å². The van der Waals surface area contributed by atoms with E-state index in [0.717, 1.165) is 35.4 Å². The van der Waals surface area contributed by atoms with E-state index in [-0.39, 0.29) is 0 Å². The van der Waals surface area contributed by atoms with Gasteiger partial charge in [-0.05, 0) is 39.5 Å². The van der Waals surface area contributed by atoms with Crippen molar-refractivity contribution in [3.8, 4) is 0 Å². The Morgan fingerprint density at radius 1 is 1.37 bits per heavy atom. The van der Waals surface area contributed by atoms with Crippen molar-refractivity contribution < 1.29 is 0 Å². The number of nitrogens with one attached hydrogen (secondary N) is 1. The quantitative estimate of drug-likeness (QED) is 0.887. The number of nitrogens with zero attached hydrogens (tertiary/aromatic N) is 2. The van der Waals surface area contributed by atoms with Gasteiger partial charge in [0.25, 0.3) is 0 Å². The fourth-order valence-electron chi connectivity index (χ4n) is 3.10. The molecule has 1 aliphatic carbocycles. The second-order valence-electron chi connectivity index (χ2n) is 5.73. The molecule has 0 radical (unpaired) electrons. The van der Waals surface area contributed by atoms with Gasteiger partial charge in [-0.2, -0.15) is 5.10 Å². The highest BCUT2D eigenvalue weighted by atomic mass is 35.5. The first-order valence-corrected chi connectivity index (χ1v) is 7.96. The third kappa shape index (κ3) is 3.51. The van der Waals surface area contributed by atoms with Crippen LogP contribution < -0.4 is 5.32 Å². The number of hydrogen-bond acceptors (Lipinski definition) is 2. The second-order valence-corrected chi connectivity index (χ2v) is 6.11. The third-order valence-corrected chi connectivity index (χ3v) is 4.89. The molecule has 0 unspecified atom stereocenters. The summed E-state index contributed by atoms with van der Waals surface area (Å²) in [7, 11) is 0. The molecule has 3 nitrogen and oxygen atoms in total. The molecule has 1 aromatic heterocycles. The lowest BCUT2D eigenvalue weighted by atomic mass is 9.84. The molecular formula is C15H26ClN3. The van der Waals surface area contributed by atoms with Crippen molar-refractivity contribution in [2.24, 2.45) is 5.92 Å². The molecule has 2 rings (SSSR count). The van der Waals surface area contributed by atoms with Gasteiger partial charge < -0.3 is 5.32 Å². The van der Waals surface area contributed by atoms with Crippen LogP contribution in [0, 0.1) is 12.8 Å². The predicted octanol–water partition coefficient (Wildman–Crippen LogP) is 3.92. The van der Waals surface area contributed by atoms with E-state index >= 15 is 0 Å². The van der Waals surface area contributed by atoms with Crippen LogP contribution in [0.3, 0.4) is 0 Å². The summed E-state index contributed by atoms with van der Waals surface area (Å²) in [5, 5.41) is 8.94. The summed E-state index contributed by atoms with van der Waals surface area (Å²) in [5.74, 6) is 0.826. The van der Waals surface area contributed by atoms with Gasteiger partial charge >= 0.3 is 0 Å². The summed E-state index contributed by atoms with van der Waals surface area (Å²) in [4.78, 5) is 0. The minimum absolute atomic E-state index is 0.567. The summed E-state index contributed by atoms with van der Waals surface area (Å²) in [6.07, 6.45) is 6.94. The van der Waals surface area contributed by atoms with E-state index in [4.69, 9.17) is 11.6 Å². The molecule has 108 valence electrons. The summed E-state index contributed by atoms with van der Waals surface area (Å²) in [6, 6.07) is 0.567. The van der Waals surface area contributed by atoms with Crippen LogP contribution in [0.25, 0.3) is 0 Å². The van der Waals surface area contributed by atoms with Crippen LogP contribution in [0.5, 0.6) is 0 Å². The highest BCUT2D eigenvalue weighted by Gasteiger charge is 2.20. The minimum atomic E-state index is 0.567. The van der Waals surface area contributed by atoms with E-state index in [0.29, 0.717) is 6.04 Å². The van der Waals surface area contributed by atoms with Crippen LogP contribution in [0.4, 0.5) is 0 Å². The van der Waals surface area contributed by atoms with Crippen molar-refractivity contribution in [2.75, 3.05) is 0 Å². The van der Waals surface area contributed by atoms with E-state index in [1.807, 2.05) is 11.6 Å². The molecular weight excluding hydrogens is 258 g/mol. The van der Waals surface area contributed by atoms with E-state index in [9.17, 15) is 0 Å². The Bertz CT molecular complexity index is 408. The first-order valence-electron chi connectivity index (χ1n) is 7.58. The normalized spacial score (nSPS) is 18.7. The lowest BCUT2D eigenvalue weighted by molar-refractivity contribution is 0.279. The zero-order valence-corrected chi connectivity index (χ0v) is 13.1. The van der Waals surface area contributed by atoms with Gasteiger partial charge in [-0.1, -0.05) is 30.9 Å². The Hall–Kier alpha value is -0.540. The van der Waals surface area contributed by atoms with Crippen molar-refractivity contribution in [2.45, 2.75) is 72.0 Å². The van der Waals surface area contributed by atoms with Gasteiger partial charge in [-0.25, -0.2) is 0 Å². The number of halogens is 1. The largest absolute Gasteiger partial charge is 0.308 e. The van der Waals surface area contributed by atoms with Crippen molar-refractivity contribution in [1.29, 1.82) is 0 Å². The molecule has 0 bridgehead atoms. The fourth-order valence-corrected chi connectivity index (χ4v) is 3.30. The van der Waals surface area contributed by atoms with Crippen molar-refractivity contribution in [1.82, 2.24) is 15.1 Å². The molecule has 1 aromatic rings. The van der Waals surface area contributed by atoms with E-state index in [2.05, 4.69) is 24.3 Å². The van der Waals surface area contributed by atoms with Crippen molar-refractivity contribution in [3.05, 3.63) is 16.4 Å². The van der Waals surface area contributed by atoms with Crippen LogP contribution in [0.15, 0.2) is 0 Å². The van der Waals surface area contributed by atoms with Gasteiger partial charge in [0.1, 0.15) is 0 Å². The molecule has 0 saturated heterocycles. The Balaban J connectivity index is 1.94. The maximum Gasteiger partial charge on any atom is 0.0860 e. The van der Waals surface area contributed by atoms with Crippen molar-refractivity contribution >= 4 is 11.6 Å². The van der Waals surface area contributed by atoms with Crippen LogP contribution in [-0.2, 0) is 13.1 Å². The zero-order valence-electron chi connectivity index (χ0n) is 12.4. The molecule has 1 heterocycles. The lowest BCUT2D eigenvalue weighted by Crippen LogP contribution is -2.34. The van der Waals surface area contributed by atoms with Gasteiger partial charge in [-0.3, -0.25) is 4.68 Å². The molecule has 0 aromatic carbocycles. The average molecular weight is 284 g/mol. The third-order valence-electron chi connectivity index (χ3n) is 4.40.